The summed E-state index contributed by atoms with van der Waals surface area (Å²) in [5.74, 6) is 0.856. The number of aliphatic hydroxyl groups excluding tert-OH is 1. The molecular formula is C34H32BrClN2O4. The van der Waals surface area contributed by atoms with E-state index in [4.69, 9.17) is 31.2 Å². The molecule has 5 rings (SSSR count). The zero-order valence-electron chi connectivity index (χ0n) is 23.0. The fourth-order valence-corrected chi connectivity index (χ4v) is 5.73. The number of nitrogens with zero attached hydrogens (tertiary/aromatic N) is 1. The van der Waals surface area contributed by atoms with Gasteiger partial charge in [-0.1, -0.05) is 88.2 Å². The minimum Gasteiger partial charge on any atom is -0.494 e. The van der Waals surface area contributed by atoms with Crippen molar-refractivity contribution in [1.82, 2.24) is 5.32 Å². The molecule has 0 spiro atoms. The highest BCUT2D eigenvalue weighted by atomic mass is 79.9. The molecule has 0 bridgehead atoms. The minimum absolute atomic E-state index is 0.0732. The van der Waals surface area contributed by atoms with E-state index in [2.05, 4.69) is 21.2 Å². The number of aliphatic hydroxyl groups is 1. The molecule has 0 fully saturated rings. The van der Waals surface area contributed by atoms with Crippen LogP contribution < -0.4 is 10.1 Å². The third kappa shape index (κ3) is 7.04. The molecule has 4 aromatic rings. The number of rotatable bonds is 12. The zero-order valence-corrected chi connectivity index (χ0v) is 25.4. The van der Waals surface area contributed by atoms with Gasteiger partial charge in [-0.25, -0.2) is 4.99 Å². The smallest absolute Gasteiger partial charge is 0.252 e. The van der Waals surface area contributed by atoms with Gasteiger partial charge in [0.25, 0.3) is 5.91 Å². The monoisotopic (exact) mass is 646 g/mol. The maximum atomic E-state index is 14.3. The highest BCUT2D eigenvalue weighted by molar-refractivity contribution is 9.10. The lowest BCUT2D eigenvalue weighted by molar-refractivity contribution is -0.128. The maximum absolute atomic E-state index is 14.3. The summed E-state index contributed by atoms with van der Waals surface area (Å²) >= 11 is 9.86. The summed E-state index contributed by atoms with van der Waals surface area (Å²) in [6.45, 7) is 0.917. The Kier molecular flexibility index (Phi) is 9.95. The van der Waals surface area contributed by atoms with Crippen molar-refractivity contribution >= 4 is 39.3 Å². The van der Waals surface area contributed by atoms with Crippen LogP contribution in [0.25, 0.3) is 0 Å². The molecule has 0 aliphatic carbocycles. The molecule has 0 radical (unpaired) electrons. The van der Waals surface area contributed by atoms with Gasteiger partial charge in [-0.05, 0) is 60.0 Å². The lowest BCUT2D eigenvalue weighted by Crippen LogP contribution is -2.50. The predicted molar refractivity (Wildman–Crippen MR) is 169 cm³/mol. The Hall–Kier alpha value is -3.65. The van der Waals surface area contributed by atoms with E-state index in [9.17, 15) is 4.79 Å². The van der Waals surface area contributed by atoms with Gasteiger partial charge in [-0.2, -0.15) is 0 Å². The molecular weight excluding hydrogens is 616 g/mol. The molecule has 2 atom stereocenters. The standard InChI is InChI=1S/C34H32BrClN2O4/c35-30-13-5-4-12-29(30)31-34(23-25-8-2-1-3-9-25,33(40)37-19-18-24-10-6-11-27(36)22-24)38-32(42-31)26-14-16-28(17-15-26)41-21-7-20-39/h1-6,8-17,22,31,39H,7,18-21,23H2,(H,37,40)/t31-,34-/m1/s1. The second-order valence-electron chi connectivity index (χ2n) is 10.1. The molecule has 1 aliphatic rings. The average Bonchev–Trinajstić information content (AvgIpc) is 3.38. The van der Waals surface area contributed by atoms with Crippen LogP contribution in [0.2, 0.25) is 5.02 Å². The largest absolute Gasteiger partial charge is 0.494 e. The first-order chi connectivity index (χ1) is 20.5. The fourth-order valence-electron chi connectivity index (χ4n) is 5.02. The second-order valence-corrected chi connectivity index (χ2v) is 11.4. The van der Waals surface area contributed by atoms with Gasteiger partial charge in [0.05, 0.1) is 6.61 Å². The van der Waals surface area contributed by atoms with Gasteiger partial charge in [-0.3, -0.25) is 4.79 Å². The average molecular weight is 648 g/mol. The van der Waals surface area contributed by atoms with E-state index in [0.717, 1.165) is 26.7 Å². The molecule has 0 aromatic heterocycles. The Labute approximate surface area is 259 Å². The van der Waals surface area contributed by atoms with Crippen LogP contribution >= 0.6 is 27.5 Å². The lowest BCUT2D eigenvalue weighted by Gasteiger charge is -2.31. The van der Waals surface area contributed by atoms with Gasteiger partial charge in [0.1, 0.15) is 5.75 Å². The Morgan fingerprint density at radius 2 is 1.71 bits per heavy atom. The fraction of sp³-hybridized carbons (Fsp3) is 0.235. The van der Waals surface area contributed by atoms with Crippen molar-refractivity contribution in [1.29, 1.82) is 0 Å². The summed E-state index contributed by atoms with van der Waals surface area (Å²) in [4.78, 5) is 19.4. The van der Waals surface area contributed by atoms with E-state index in [1.54, 1.807) is 0 Å². The third-order valence-electron chi connectivity index (χ3n) is 7.12. The number of benzene rings is 4. The number of carbonyl (C=O) groups excluding carboxylic acids is 1. The summed E-state index contributed by atoms with van der Waals surface area (Å²) in [5, 5.41) is 12.9. The van der Waals surface area contributed by atoms with E-state index in [1.165, 1.54) is 0 Å². The minimum atomic E-state index is -1.27. The van der Waals surface area contributed by atoms with Crippen LogP contribution in [0, 0.1) is 0 Å². The molecule has 0 saturated heterocycles. The number of hydrogen-bond acceptors (Lipinski definition) is 5. The summed E-state index contributed by atoms with van der Waals surface area (Å²) in [7, 11) is 0. The van der Waals surface area contributed by atoms with Crippen molar-refractivity contribution in [2.24, 2.45) is 4.99 Å². The van der Waals surface area contributed by atoms with Gasteiger partial charge in [0, 0.05) is 46.6 Å². The van der Waals surface area contributed by atoms with E-state index in [0.29, 0.717) is 49.1 Å². The number of carbonyl (C=O) groups is 1. The molecule has 2 N–H and O–H groups in total. The van der Waals surface area contributed by atoms with Gasteiger partial charge in [0.2, 0.25) is 5.90 Å². The van der Waals surface area contributed by atoms with Crippen LogP contribution in [0.15, 0.2) is 113 Å². The van der Waals surface area contributed by atoms with Crippen molar-refractivity contribution in [2.75, 3.05) is 19.8 Å². The van der Waals surface area contributed by atoms with Gasteiger partial charge in [-0.15, -0.1) is 0 Å². The maximum Gasteiger partial charge on any atom is 0.252 e. The Bertz CT molecular complexity index is 1530. The van der Waals surface area contributed by atoms with E-state index < -0.39 is 11.6 Å². The van der Waals surface area contributed by atoms with Crippen molar-refractivity contribution < 1.29 is 19.4 Å². The normalized spacial score (nSPS) is 17.8. The molecule has 216 valence electrons. The SMILES string of the molecule is O=C(NCCc1cccc(Cl)c1)[C@]1(Cc2ccccc2)N=C(c2ccc(OCCCO)cc2)O[C@@H]1c1ccccc1Br. The molecule has 1 heterocycles. The van der Waals surface area contributed by atoms with Crippen LogP contribution in [-0.4, -0.2) is 42.2 Å². The van der Waals surface area contributed by atoms with Crippen molar-refractivity contribution in [3.8, 4) is 5.75 Å². The Morgan fingerprint density at radius 1 is 0.976 bits per heavy atom. The first-order valence-electron chi connectivity index (χ1n) is 13.9. The molecule has 6 nitrogen and oxygen atoms in total. The van der Waals surface area contributed by atoms with Crippen molar-refractivity contribution in [3.63, 3.8) is 0 Å². The number of ether oxygens (including phenoxy) is 2. The van der Waals surface area contributed by atoms with Gasteiger partial charge in [0.15, 0.2) is 11.6 Å². The first-order valence-corrected chi connectivity index (χ1v) is 15.1. The first kappa shape index (κ1) is 29.8. The quantitative estimate of drug-likeness (QED) is 0.167. The van der Waals surface area contributed by atoms with Crippen LogP contribution in [-0.2, 0) is 22.4 Å². The van der Waals surface area contributed by atoms with Crippen molar-refractivity contribution in [3.05, 3.63) is 135 Å². The van der Waals surface area contributed by atoms with Crippen molar-refractivity contribution in [2.45, 2.75) is 30.9 Å². The number of halogens is 2. The third-order valence-corrected chi connectivity index (χ3v) is 8.08. The summed E-state index contributed by atoms with van der Waals surface area (Å²) < 4.78 is 13.1. The van der Waals surface area contributed by atoms with Crippen LogP contribution in [0.4, 0.5) is 0 Å². The summed E-state index contributed by atoms with van der Waals surface area (Å²) in [6.07, 6.45) is 0.839. The Morgan fingerprint density at radius 3 is 2.45 bits per heavy atom. The van der Waals surface area contributed by atoms with Crippen LogP contribution in [0.5, 0.6) is 5.75 Å². The summed E-state index contributed by atoms with van der Waals surface area (Å²) in [5.41, 5.74) is 2.31. The molecule has 42 heavy (non-hydrogen) atoms. The predicted octanol–water partition coefficient (Wildman–Crippen LogP) is 6.72. The van der Waals surface area contributed by atoms with E-state index >= 15 is 0 Å². The zero-order chi connectivity index (χ0) is 29.4. The van der Waals surface area contributed by atoms with Crippen LogP contribution in [0.1, 0.15) is 34.8 Å². The molecule has 8 heteroatoms. The Balaban J connectivity index is 1.51. The van der Waals surface area contributed by atoms with Gasteiger partial charge < -0.3 is 19.9 Å². The molecule has 4 aromatic carbocycles. The van der Waals surface area contributed by atoms with E-state index in [1.807, 2.05) is 103 Å². The van der Waals surface area contributed by atoms with E-state index in [-0.39, 0.29) is 12.5 Å². The molecule has 1 aliphatic heterocycles. The van der Waals surface area contributed by atoms with Crippen LogP contribution in [0.3, 0.4) is 0 Å². The summed E-state index contributed by atoms with van der Waals surface area (Å²) in [6, 6.07) is 32.7. The lowest BCUT2D eigenvalue weighted by atomic mass is 9.82. The number of hydrogen-bond donors (Lipinski definition) is 2. The number of amides is 1. The molecule has 0 saturated carbocycles. The number of aliphatic imine (C=N–C) groups is 1. The highest BCUT2D eigenvalue weighted by Gasteiger charge is 2.53. The molecule has 0 unspecified atom stereocenters. The topological polar surface area (TPSA) is 80.2 Å². The second kappa shape index (κ2) is 14.0. The number of nitrogens with one attached hydrogen (secondary N) is 1. The highest BCUT2D eigenvalue weighted by Crippen LogP contribution is 2.44. The van der Waals surface area contributed by atoms with Gasteiger partial charge >= 0.3 is 0 Å². The molecule has 1 amide bonds.